The minimum absolute atomic E-state index is 0.154. The molecule has 3 N–H and O–H groups in total. The van der Waals surface area contributed by atoms with Gasteiger partial charge in [-0.3, -0.25) is 4.79 Å². The van der Waals surface area contributed by atoms with Crippen molar-refractivity contribution in [1.29, 1.82) is 0 Å². The van der Waals surface area contributed by atoms with E-state index in [2.05, 4.69) is 9.97 Å². The largest absolute Gasteiger partial charge is 0.481 e. The topological polar surface area (TPSA) is 89.1 Å². The van der Waals surface area contributed by atoms with Gasteiger partial charge in [-0.15, -0.1) is 0 Å². The number of aromatic nitrogens is 2. The first-order valence-corrected chi connectivity index (χ1v) is 4.42. The molecule has 0 aliphatic heterocycles. The van der Waals surface area contributed by atoms with E-state index in [9.17, 15) is 4.79 Å². The highest BCUT2D eigenvalue weighted by Gasteiger charge is 2.06. The van der Waals surface area contributed by atoms with Crippen LogP contribution in [-0.2, 0) is 4.79 Å². The van der Waals surface area contributed by atoms with Crippen LogP contribution in [-0.4, -0.2) is 21.0 Å². The number of rotatable bonds is 5. The Morgan fingerprint density at radius 3 is 2.71 bits per heavy atom. The molecular formula is C9H13N3O2. The van der Waals surface area contributed by atoms with Gasteiger partial charge >= 0.3 is 5.97 Å². The van der Waals surface area contributed by atoms with E-state index in [0.717, 1.165) is 5.56 Å². The number of nitrogens with zero attached hydrogens (tertiary/aromatic N) is 2. The summed E-state index contributed by atoms with van der Waals surface area (Å²) in [6, 6.07) is -0.171. The average molecular weight is 195 g/mol. The third-order valence-corrected chi connectivity index (χ3v) is 1.91. The molecule has 14 heavy (non-hydrogen) atoms. The van der Waals surface area contributed by atoms with Crippen LogP contribution in [0.4, 0.5) is 0 Å². The Hall–Kier alpha value is -1.49. The van der Waals surface area contributed by atoms with E-state index in [0.29, 0.717) is 12.8 Å². The van der Waals surface area contributed by atoms with Gasteiger partial charge in [-0.2, -0.15) is 0 Å². The van der Waals surface area contributed by atoms with Gasteiger partial charge in [0.05, 0.1) is 0 Å². The van der Waals surface area contributed by atoms with Gasteiger partial charge in [0.25, 0.3) is 0 Å². The van der Waals surface area contributed by atoms with Crippen LogP contribution in [0.3, 0.4) is 0 Å². The maximum atomic E-state index is 10.3. The van der Waals surface area contributed by atoms with E-state index in [1.54, 1.807) is 12.4 Å². The van der Waals surface area contributed by atoms with E-state index in [-0.39, 0.29) is 12.5 Å². The van der Waals surface area contributed by atoms with E-state index < -0.39 is 5.97 Å². The lowest BCUT2D eigenvalue weighted by molar-refractivity contribution is -0.137. The molecule has 0 bridgehead atoms. The number of hydrogen-bond acceptors (Lipinski definition) is 4. The Kier molecular flexibility index (Phi) is 4.00. The van der Waals surface area contributed by atoms with Crippen LogP contribution in [0.2, 0.25) is 0 Å². The van der Waals surface area contributed by atoms with Crippen molar-refractivity contribution < 1.29 is 9.90 Å². The zero-order valence-corrected chi connectivity index (χ0v) is 7.76. The lowest BCUT2D eigenvalue weighted by atomic mass is 10.1. The molecule has 1 aromatic rings. The number of nitrogens with two attached hydrogens (primary N) is 1. The van der Waals surface area contributed by atoms with E-state index in [4.69, 9.17) is 10.8 Å². The Balaban J connectivity index is 2.36. The molecule has 1 heterocycles. The van der Waals surface area contributed by atoms with Gasteiger partial charge in [0.15, 0.2) is 0 Å². The van der Waals surface area contributed by atoms with Gasteiger partial charge < -0.3 is 10.8 Å². The molecule has 0 aromatic carbocycles. The van der Waals surface area contributed by atoms with Gasteiger partial charge in [0, 0.05) is 30.4 Å². The van der Waals surface area contributed by atoms with Gasteiger partial charge in [-0.05, 0) is 12.8 Å². The Morgan fingerprint density at radius 1 is 1.50 bits per heavy atom. The molecule has 0 radical (unpaired) electrons. The van der Waals surface area contributed by atoms with E-state index in [1.165, 1.54) is 6.33 Å². The van der Waals surface area contributed by atoms with Crippen molar-refractivity contribution in [2.75, 3.05) is 0 Å². The number of aliphatic carboxylic acids is 1. The minimum atomic E-state index is -0.790. The zero-order valence-electron chi connectivity index (χ0n) is 7.76. The lowest BCUT2D eigenvalue weighted by Crippen LogP contribution is -2.11. The lowest BCUT2D eigenvalue weighted by Gasteiger charge is -2.09. The van der Waals surface area contributed by atoms with Crippen molar-refractivity contribution in [2.24, 2.45) is 5.73 Å². The molecular weight excluding hydrogens is 182 g/mol. The molecule has 0 spiro atoms. The number of carboxylic acids is 1. The summed E-state index contributed by atoms with van der Waals surface area (Å²) in [7, 11) is 0. The molecule has 1 rings (SSSR count). The van der Waals surface area contributed by atoms with Crippen molar-refractivity contribution >= 4 is 5.97 Å². The summed E-state index contributed by atoms with van der Waals surface area (Å²) in [5.41, 5.74) is 6.65. The van der Waals surface area contributed by atoms with Crippen molar-refractivity contribution in [3.63, 3.8) is 0 Å². The quantitative estimate of drug-likeness (QED) is 0.723. The maximum Gasteiger partial charge on any atom is 0.303 e. The molecule has 76 valence electrons. The molecule has 1 atom stereocenters. The zero-order chi connectivity index (χ0) is 10.4. The third-order valence-electron chi connectivity index (χ3n) is 1.91. The Morgan fingerprint density at radius 2 is 2.14 bits per heavy atom. The smallest absolute Gasteiger partial charge is 0.303 e. The molecule has 0 saturated heterocycles. The first-order valence-electron chi connectivity index (χ1n) is 4.42. The van der Waals surface area contributed by atoms with Gasteiger partial charge in [-0.25, -0.2) is 9.97 Å². The maximum absolute atomic E-state index is 10.3. The monoisotopic (exact) mass is 195 g/mol. The summed E-state index contributed by atoms with van der Waals surface area (Å²) in [4.78, 5) is 17.9. The van der Waals surface area contributed by atoms with Crippen molar-refractivity contribution in [3.8, 4) is 0 Å². The number of hydrogen-bond donors (Lipinski definition) is 2. The fraction of sp³-hybridized carbons (Fsp3) is 0.444. The van der Waals surface area contributed by atoms with Crippen LogP contribution in [0.15, 0.2) is 18.7 Å². The standard InChI is InChI=1S/C9H13N3O2/c10-8(2-1-3-9(13)14)7-4-11-6-12-5-7/h4-6,8H,1-3,10H2,(H,13,14)/t8-/m1/s1. The fourth-order valence-corrected chi connectivity index (χ4v) is 1.14. The van der Waals surface area contributed by atoms with Crippen LogP contribution >= 0.6 is 0 Å². The van der Waals surface area contributed by atoms with Crippen molar-refractivity contribution in [1.82, 2.24) is 9.97 Å². The highest BCUT2D eigenvalue weighted by atomic mass is 16.4. The Labute approximate surface area is 82.0 Å². The summed E-state index contributed by atoms with van der Waals surface area (Å²) in [5, 5.41) is 8.43. The van der Waals surface area contributed by atoms with Crippen LogP contribution in [0.5, 0.6) is 0 Å². The van der Waals surface area contributed by atoms with Gasteiger partial charge in [-0.1, -0.05) is 0 Å². The normalized spacial score (nSPS) is 12.4. The minimum Gasteiger partial charge on any atom is -0.481 e. The molecule has 1 aromatic heterocycles. The second kappa shape index (κ2) is 5.29. The van der Waals surface area contributed by atoms with Crippen molar-refractivity contribution in [2.45, 2.75) is 25.3 Å². The van der Waals surface area contributed by atoms with E-state index >= 15 is 0 Å². The predicted octanol–water partition coefficient (Wildman–Crippen LogP) is 0.731. The van der Waals surface area contributed by atoms with Crippen molar-refractivity contribution in [3.05, 3.63) is 24.3 Å². The summed E-state index contributed by atoms with van der Waals surface area (Å²) >= 11 is 0. The molecule has 0 aliphatic carbocycles. The molecule has 5 heteroatoms. The SMILES string of the molecule is N[C@H](CCCC(=O)O)c1cncnc1. The highest BCUT2D eigenvalue weighted by molar-refractivity contribution is 5.66. The molecule has 0 amide bonds. The number of carboxylic acid groups (broad SMARTS) is 1. The fourth-order valence-electron chi connectivity index (χ4n) is 1.14. The summed E-state index contributed by atoms with van der Waals surface area (Å²) in [6.07, 6.45) is 6.11. The molecule has 0 saturated carbocycles. The molecule has 5 nitrogen and oxygen atoms in total. The third kappa shape index (κ3) is 3.49. The highest BCUT2D eigenvalue weighted by Crippen LogP contribution is 2.14. The molecule has 0 aliphatic rings. The summed E-state index contributed by atoms with van der Waals surface area (Å²) in [6.45, 7) is 0. The van der Waals surface area contributed by atoms with Gasteiger partial charge in [0.2, 0.25) is 0 Å². The number of carbonyl (C=O) groups is 1. The average Bonchev–Trinajstić information content (AvgIpc) is 2.18. The second-order valence-corrected chi connectivity index (χ2v) is 3.06. The first kappa shape index (κ1) is 10.6. The van der Waals surface area contributed by atoms with E-state index in [1.807, 2.05) is 0 Å². The summed E-state index contributed by atoms with van der Waals surface area (Å²) < 4.78 is 0. The van der Waals surface area contributed by atoms with Gasteiger partial charge in [0.1, 0.15) is 6.33 Å². The Bertz CT molecular complexity index is 289. The summed E-state index contributed by atoms with van der Waals surface area (Å²) in [5.74, 6) is -0.790. The van der Waals surface area contributed by atoms with Crippen LogP contribution in [0.1, 0.15) is 30.9 Å². The molecule has 0 unspecified atom stereocenters. The molecule has 0 fully saturated rings. The first-order chi connectivity index (χ1) is 6.70. The van der Waals surface area contributed by atoms with Crippen LogP contribution in [0, 0.1) is 0 Å². The second-order valence-electron chi connectivity index (χ2n) is 3.06. The predicted molar refractivity (Wildman–Crippen MR) is 50.4 cm³/mol. The van der Waals surface area contributed by atoms with Crippen LogP contribution < -0.4 is 5.73 Å². The van der Waals surface area contributed by atoms with Crippen LogP contribution in [0.25, 0.3) is 0 Å².